The number of amides is 1. The highest BCUT2D eigenvalue weighted by molar-refractivity contribution is 6.05. The number of likely N-dealkylation sites (N-methyl/N-ethyl adjacent to an activating group) is 1. The number of carbonyl (C=O) groups is 1. The molecule has 1 saturated heterocycles. The fourth-order valence-electron chi connectivity index (χ4n) is 4.18. The van der Waals surface area contributed by atoms with Crippen molar-refractivity contribution in [1.82, 2.24) is 9.88 Å². The van der Waals surface area contributed by atoms with Crippen LogP contribution in [0.25, 0.3) is 11.1 Å². The van der Waals surface area contributed by atoms with Crippen LogP contribution in [0.4, 0.5) is 11.4 Å². The average molecular weight is 431 g/mol. The van der Waals surface area contributed by atoms with E-state index in [-0.39, 0.29) is 5.91 Å². The first kappa shape index (κ1) is 21.8. The summed E-state index contributed by atoms with van der Waals surface area (Å²) in [5, 5.41) is 3.05. The molecule has 32 heavy (non-hydrogen) atoms. The van der Waals surface area contributed by atoms with Crippen molar-refractivity contribution in [2.24, 2.45) is 0 Å². The molecular weight excluding hydrogens is 400 g/mol. The third-order valence-corrected chi connectivity index (χ3v) is 6.08. The number of anilines is 2. The highest BCUT2D eigenvalue weighted by atomic mass is 16.5. The van der Waals surface area contributed by atoms with Gasteiger partial charge < -0.3 is 19.9 Å². The fraction of sp³-hybridized carbons (Fsp3) is 0.308. The van der Waals surface area contributed by atoms with E-state index in [0.29, 0.717) is 5.56 Å². The van der Waals surface area contributed by atoms with Crippen LogP contribution in [-0.2, 0) is 0 Å². The highest BCUT2D eigenvalue weighted by Crippen LogP contribution is 2.32. The molecule has 3 aromatic rings. The van der Waals surface area contributed by atoms with Crippen molar-refractivity contribution in [2.45, 2.75) is 13.8 Å². The molecule has 0 unspecified atom stereocenters. The summed E-state index contributed by atoms with van der Waals surface area (Å²) in [5.74, 6) is 0.701. The molecule has 0 radical (unpaired) electrons. The summed E-state index contributed by atoms with van der Waals surface area (Å²) in [6, 6.07) is 15.6. The predicted molar refractivity (Wildman–Crippen MR) is 130 cm³/mol. The molecular formula is C26H30N4O2. The minimum absolute atomic E-state index is 0.124. The van der Waals surface area contributed by atoms with Crippen molar-refractivity contribution in [3.63, 3.8) is 0 Å². The lowest BCUT2D eigenvalue weighted by atomic mass is 9.99. The zero-order chi connectivity index (χ0) is 22.5. The number of ether oxygens (including phenoxy) is 1. The first-order valence-electron chi connectivity index (χ1n) is 11.1. The molecule has 1 aliphatic heterocycles. The van der Waals surface area contributed by atoms with Crippen LogP contribution in [0.2, 0.25) is 0 Å². The maximum absolute atomic E-state index is 13.0. The van der Waals surface area contributed by atoms with E-state index in [1.165, 1.54) is 0 Å². The molecule has 0 spiro atoms. The first-order chi connectivity index (χ1) is 15.6. The largest absolute Gasteiger partial charge is 0.495 e. The van der Waals surface area contributed by atoms with E-state index in [4.69, 9.17) is 4.74 Å². The Morgan fingerprint density at radius 2 is 1.78 bits per heavy atom. The molecule has 0 saturated carbocycles. The van der Waals surface area contributed by atoms with Gasteiger partial charge in [0.15, 0.2) is 0 Å². The van der Waals surface area contributed by atoms with Crippen LogP contribution in [0.3, 0.4) is 0 Å². The Labute approximate surface area is 189 Å². The third-order valence-electron chi connectivity index (χ3n) is 6.08. The van der Waals surface area contributed by atoms with Crippen molar-refractivity contribution >= 4 is 17.3 Å². The van der Waals surface area contributed by atoms with Crippen LogP contribution >= 0.6 is 0 Å². The standard InChI is InChI=1S/C26H30N4O2/c1-4-29-13-15-30(16-14-29)24-18-22(6-8-25(24)32-3)28-26(31)21-5-7-23(19(2)17-21)20-9-11-27-12-10-20/h5-12,17-18H,4,13-16H2,1-3H3,(H,28,31). The van der Waals surface area contributed by atoms with E-state index in [9.17, 15) is 4.79 Å². The molecule has 0 aliphatic carbocycles. The smallest absolute Gasteiger partial charge is 0.255 e. The van der Waals surface area contributed by atoms with E-state index in [2.05, 4.69) is 27.0 Å². The number of benzene rings is 2. The van der Waals surface area contributed by atoms with Gasteiger partial charge in [-0.3, -0.25) is 9.78 Å². The lowest BCUT2D eigenvalue weighted by Crippen LogP contribution is -2.46. The van der Waals surface area contributed by atoms with Crippen LogP contribution in [-0.4, -0.2) is 55.6 Å². The summed E-state index contributed by atoms with van der Waals surface area (Å²) in [6.07, 6.45) is 3.55. The van der Waals surface area contributed by atoms with E-state index in [1.807, 2.05) is 55.5 Å². The van der Waals surface area contributed by atoms with Crippen molar-refractivity contribution in [3.8, 4) is 16.9 Å². The Morgan fingerprint density at radius 3 is 2.44 bits per heavy atom. The Kier molecular flexibility index (Phi) is 6.71. The molecule has 4 rings (SSSR count). The fourth-order valence-corrected chi connectivity index (χ4v) is 4.18. The number of hydrogen-bond acceptors (Lipinski definition) is 5. The number of aryl methyl sites for hydroxylation is 1. The van der Waals surface area contributed by atoms with E-state index in [1.54, 1.807) is 19.5 Å². The SMILES string of the molecule is CCN1CCN(c2cc(NC(=O)c3ccc(-c4ccncc4)c(C)c3)ccc2OC)CC1. The van der Waals surface area contributed by atoms with Crippen LogP contribution < -0.4 is 15.0 Å². The minimum atomic E-state index is -0.124. The number of hydrogen-bond donors (Lipinski definition) is 1. The number of methoxy groups -OCH3 is 1. The second-order valence-electron chi connectivity index (χ2n) is 8.03. The number of piperazine rings is 1. The van der Waals surface area contributed by atoms with Gasteiger partial charge >= 0.3 is 0 Å². The maximum atomic E-state index is 13.0. The topological polar surface area (TPSA) is 57.7 Å². The van der Waals surface area contributed by atoms with Gasteiger partial charge in [0.05, 0.1) is 12.8 Å². The lowest BCUT2D eigenvalue weighted by Gasteiger charge is -2.36. The van der Waals surface area contributed by atoms with Gasteiger partial charge in [-0.05, 0) is 72.6 Å². The Balaban J connectivity index is 1.51. The molecule has 0 atom stereocenters. The molecule has 6 nitrogen and oxygen atoms in total. The zero-order valence-electron chi connectivity index (χ0n) is 19.0. The van der Waals surface area contributed by atoms with Gasteiger partial charge in [0.1, 0.15) is 5.75 Å². The molecule has 2 heterocycles. The summed E-state index contributed by atoms with van der Waals surface area (Å²) >= 11 is 0. The Bertz CT molecular complexity index is 1080. The number of nitrogens with zero attached hydrogens (tertiary/aromatic N) is 3. The van der Waals surface area contributed by atoms with Gasteiger partial charge in [-0.1, -0.05) is 13.0 Å². The summed E-state index contributed by atoms with van der Waals surface area (Å²) in [6.45, 7) is 9.22. The average Bonchev–Trinajstić information content (AvgIpc) is 2.84. The van der Waals surface area contributed by atoms with Gasteiger partial charge in [0.25, 0.3) is 5.91 Å². The van der Waals surface area contributed by atoms with Gasteiger partial charge in [0.2, 0.25) is 0 Å². The molecule has 1 N–H and O–H groups in total. The maximum Gasteiger partial charge on any atom is 0.255 e. The van der Waals surface area contributed by atoms with Crippen molar-refractivity contribution in [1.29, 1.82) is 0 Å². The number of aromatic nitrogens is 1. The van der Waals surface area contributed by atoms with Gasteiger partial charge in [-0.25, -0.2) is 0 Å². The number of carbonyl (C=O) groups excluding carboxylic acids is 1. The first-order valence-corrected chi connectivity index (χ1v) is 11.1. The predicted octanol–water partition coefficient (Wildman–Crippen LogP) is 4.46. The molecule has 1 aliphatic rings. The van der Waals surface area contributed by atoms with Crippen molar-refractivity contribution in [2.75, 3.05) is 50.1 Å². The summed E-state index contributed by atoms with van der Waals surface area (Å²) < 4.78 is 5.59. The second kappa shape index (κ2) is 9.83. The van der Waals surface area contributed by atoms with Crippen LogP contribution in [0.1, 0.15) is 22.8 Å². The second-order valence-corrected chi connectivity index (χ2v) is 8.03. The lowest BCUT2D eigenvalue weighted by molar-refractivity contribution is 0.102. The van der Waals surface area contributed by atoms with E-state index >= 15 is 0 Å². The zero-order valence-corrected chi connectivity index (χ0v) is 19.0. The molecule has 2 aromatic carbocycles. The third kappa shape index (κ3) is 4.75. The number of pyridine rings is 1. The molecule has 166 valence electrons. The molecule has 6 heteroatoms. The molecule has 1 aromatic heterocycles. The van der Waals surface area contributed by atoms with Gasteiger partial charge in [-0.15, -0.1) is 0 Å². The van der Waals surface area contributed by atoms with Gasteiger partial charge in [0, 0.05) is 49.8 Å². The molecule has 0 bridgehead atoms. The molecule has 1 fully saturated rings. The highest BCUT2D eigenvalue weighted by Gasteiger charge is 2.20. The Morgan fingerprint density at radius 1 is 1.03 bits per heavy atom. The van der Waals surface area contributed by atoms with Crippen molar-refractivity contribution < 1.29 is 9.53 Å². The molecule has 1 amide bonds. The summed E-state index contributed by atoms with van der Waals surface area (Å²) in [5.41, 5.74) is 5.65. The number of rotatable bonds is 6. The quantitative estimate of drug-likeness (QED) is 0.626. The van der Waals surface area contributed by atoms with Crippen LogP contribution in [0.15, 0.2) is 60.9 Å². The van der Waals surface area contributed by atoms with Gasteiger partial charge in [-0.2, -0.15) is 0 Å². The van der Waals surface area contributed by atoms with Crippen molar-refractivity contribution in [3.05, 3.63) is 72.1 Å². The Hall–Kier alpha value is -3.38. The summed E-state index contributed by atoms with van der Waals surface area (Å²) in [7, 11) is 1.69. The van der Waals surface area contributed by atoms with Crippen LogP contribution in [0.5, 0.6) is 5.75 Å². The van der Waals surface area contributed by atoms with Crippen LogP contribution in [0, 0.1) is 6.92 Å². The normalized spacial score (nSPS) is 14.3. The monoisotopic (exact) mass is 430 g/mol. The number of nitrogens with one attached hydrogen (secondary N) is 1. The van der Waals surface area contributed by atoms with E-state index in [0.717, 1.165) is 66.5 Å². The minimum Gasteiger partial charge on any atom is -0.495 e. The van der Waals surface area contributed by atoms with E-state index < -0.39 is 0 Å². The summed E-state index contributed by atoms with van der Waals surface area (Å²) in [4.78, 5) is 21.8.